The normalized spacial score (nSPS) is 14.7. The summed E-state index contributed by atoms with van der Waals surface area (Å²) < 4.78 is 5.33. The molecule has 0 bridgehead atoms. The maximum Gasteiger partial charge on any atom is 0.407 e. The Labute approximate surface area is 136 Å². The summed E-state index contributed by atoms with van der Waals surface area (Å²) in [6.07, 6.45) is 2.41. The van der Waals surface area contributed by atoms with Crippen molar-refractivity contribution in [3.05, 3.63) is 0 Å². The van der Waals surface area contributed by atoms with Crippen LogP contribution in [0.4, 0.5) is 4.79 Å². The first-order valence-corrected chi connectivity index (χ1v) is 8.49. The number of hydrogen-bond acceptors (Lipinski definition) is 4. The van der Waals surface area contributed by atoms with Gasteiger partial charge in [0, 0.05) is 19.2 Å². The summed E-state index contributed by atoms with van der Waals surface area (Å²) in [4.78, 5) is 11.9. The van der Waals surface area contributed by atoms with Gasteiger partial charge in [0.05, 0.1) is 0 Å². The summed E-state index contributed by atoms with van der Waals surface area (Å²) in [5, 5.41) is 15.4. The van der Waals surface area contributed by atoms with Crippen molar-refractivity contribution in [2.75, 3.05) is 19.7 Å². The molecule has 5 heteroatoms. The Morgan fingerprint density at radius 1 is 1.23 bits per heavy atom. The highest BCUT2D eigenvalue weighted by Gasteiger charge is 2.20. The number of alkyl carbamates (subject to hydrolysis) is 1. The van der Waals surface area contributed by atoms with Crippen LogP contribution in [0.15, 0.2) is 0 Å². The predicted octanol–water partition coefficient (Wildman–Crippen LogP) is 2.92. The highest BCUT2D eigenvalue weighted by Crippen LogP contribution is 2.10. The van der Waals surface area contributed by atoms with Crippen LogP contribution in [0.5, 0.6) is 0 Å². The maximum atomic E-state index is 11.9. The average Bonchev–Trinajstić information content (AvgIpc) is 2.34. The Morgan fingerprint density at radius 2 is 1.86 bits per heavy atom. The van der Waals surface area contributed by atoms with Gasteiger partial charge < -0.3 is 20.5 Å². The van der Waals surface area contributed by atoms with E-state index in [0.29, 0.717) is 11.8 Å². The number of carbonyl (C=O) groups is 1. The lowest BCUT2D eigenvalue weighted by Crippen LogP contribution is -2.45. The minimum absolute atomic E-state index is 0.0569. The minimum atomic E-state index is -0.478. The van der Waals surface area contributed by atoms with Gasteiger partial charge in [-0.05, 0) is 52.0 Å². The molecule has 0 spiro atoms. The number of amides is 1. The molecule has 0 aromatic heterocycles. The van der Waals surface area contributed by atoms with Crippen molar-refractivity contribution in [1.82, 2.24) is 10.6 Å². The topological polar surface area (TPSA) is 70.6 Å². The second-order valence-electron chi connectivity index (χ2n) is 7.42. The monoisotopic (exact) mass is 316 g/mol. The summed E-state index contributed by atoms with van der Waals surface area (Å²) >= 11 is 0. The standard InChI is InChI=1S/C17H36N2O3/c1-7-14(8-9-20)11-18-12-15(10-13(2)3)19-16(21)22-17(4,5)6/h13-15,18,20H,7-12H2,1-6H3,(H,19,21). The number of carbonyl (C=O) groups excluding carboxylic acids is 1. The Bertz CT molecular complexity index is 301. The quantitative estimate of drug-likeness (QED) is 0.579. The van der Waals surface area contributed by atoms with E-state index in [4.69, 9.17) is 9.84 Å². The van der Waals surface area contributed by atoms with E-state index in [1.807, 2.05) is 20.8 Å². The van der Waals surface area contributed by atoms with Gasteiger partial charge in [0.1, 0.15) is 5.60 Å². The number of hydrogen-bond donors (Lipinski definition) is 3. The van der Waals surface area contributed by atoms with Gasteiger partial charge in [0.15, 0.2) is 0 Å². The molecule has 5 nitrogen and oxygen atoms in total. The molecule has 2 unspecified atom stereocenters. The highest BCUT2D eigenvalue weighted by atomic mass is 16.6. The third-order valence-electron chi connectivity index (χ3n) is 3.42. The summed E-state index contributed by atoms with van der Waals surface area (Å²) in [6, 6.07) is 0.0569. The van der Waals surface area contributed by atoms with E-state index in [2.05, 4.69) is 31.4 Å². The second-order valence-corrected chi connectivity index (χ2v) is 7.42. The molecule has 1 amide bonds. The number of rotatable bonds is 10. The van der Waals surface area contributed by atoms with Gasteiger partial charge in [0.2, 0.25) is 0 Å². The SMILES string of the molecule is CCC(CCO)CNCC(CC(C)C)NC(=O)OC(C)(C)C. The lowest BCUT2D eigenvalue weighted by Gasteiger charge is -2.25. The number of aliphatic hydroxyl groups excluding tert-OH is 1. The van der Waals surface area contributed by atoms with Crippen LogP contribution in [0.1, 0.15) is 60.8 Å². The fourth-order valence-corrected chi connectivity index (χ4v) is 2.33. The molecule has 0 saturated heterocycles. The molecule has 0 heterocycles. The fraction of sp³-hybridized carbons (Fsp3) is 0.941. The predicted molar refractivity (Wildman–Crippen MR) is 91.0 cm³/mol. The van der Waals surface area contributed by atoms with E-state index in [-0.39, 0.29) is 18.7 Å². The molecule has 0 aliphatic rings. The summed E-state index contributed by atoms with van der Waals surface area (Å²) in [5.41, 5.74) is -0.478. The molecule has 0 aromatic rings. The van der Waals surface area contributed by atoms with Gasteiger partial charge in [-0.15, -0.1) is 0 Å². The van der Waals surface area contributed by atoms with Crippen LogP contribution >= 0.6 is 0 Å². The molecule has 0 rings (SSSR count). The molecular formula is C17H36N2O3. The van der Waals surface area contributed by atoms with Crippen LogP contribution in [-0.2, 0) is 4.74 Å². The van der Waals surface area contributed by atoms with E-state index in [1.54, 1.807) is 0 Å². The molecule has 0 aromatic carbocycles. The van der Waals surface area contributed by atoms with Crippen LogP contribution in [-0.4, -0.2) is 42.5 Å². The van der Waals surface area contributed by atoms with Crippen molar-refractivity contribution in [2.24, 2.45) is 11.8 Å². The minimum Gasteiger partial charge on any atom is -0.444 e. The molecule has 3 N–H and O–H groups in total. The molecule has 22 heavy (non-hydrogen) atoms. The summed E-state index contributed by atoms with van der Waals surface area (Å²) in [5.74, 6) is 0.979. The summed E-state index contributed by atoms with van der Waals surface area (Å²) in [6.45, 7) is 13.8. The number of nitrogens with one attached hydrogen (secondary N) is 2. The average molecular weight is 316 g/mol. The largest absolute Gasteiger partial charge is 0.444 e. The van der Waals surface area contributed by atoms with Crippen LogP contribution in [0.25, 0.3) is 0 Å². The summed E-state index contributed by atoms with van der Waals surface area (Å²) in [7, 11) is 0. The Hall–Kier alpha value is -0.810. The molecule has 0 aliphatic carbocycles. The molecule has 2 atom stereocenters. The van der Waals surface area contributed by atoms with Crippen LogP contribution < -0.4 is 10.6 Å². The van der Waals surface area contributed by atoms with E-state index in [1.165, 1.54) is 0 Å². The molecule has 132 valence electrons. The molecule has 0 radical (unpaired) electrons. The van der Waals surface area contributed by atoms with Crippen molar-refractivity contribution in [1.29, 1.82) is 0 Å². The fourth-order valence-electron chi connectivity index (χ4n) is 2.33. The number of ether oxygens (including phenoxy) is 1. The lowest BCUT2D eigenvalue weighted by molar-refractivity contribution is 0.0498. The van der Waals surface area contributed by atoms with Gasteiger partial charge >= 0.3 is 6.09 Å². The number of aliphatic hydroxyl groups is 1. The first-order valence-electron chi connectivity index (χ1n) is 8.49. The van der Waals surface area contributed by atoms with Crippen molar-refractivity contribution in [3.63, 3.8) is 0 Å². The Balaban J connectivity index is 4.31. The van der Waals surface area contributed by atoms with Gasteiger partial charge in [-0.3, -0.25) is 0 Å². The third kappa shape index (κ3) is 11.8. The van der Waals surface area contributed by atoms with Crippen molar-refractivity contribution >= 4 is 6.09 Å². The van der Waals surface area contributed by atoms with Crippen LogP contribution in [0, 0.1) is 11.8 Å². The molecule has 0 fully saturated rings. The zero-order valence-electron chi connectivity index (χ0n) is 15.2. The highest BCUT2D eigenvalue weighted by molar-refractivity contribution is 5.68. The van der Waals surface area contributed by atoms with Crippen molar-refractivity contribution in [3.8, 4) is 0 Å². The smallest absolute Gasteiger partial charge is 0.407 e. The zero-order chi connectivity index (χ0) is 17.2. The van der Waals surface area contributed by atoms with E-state index in [0.717, 1.165) is 32.4 Å². The third-order valence-corrected chi connectivity index (χ3v) is 3.42. The first kappa shape index (κ1) is 21.2. The lowest BCUT2D eigenvalue weighted by atomic mass is 10.0. The van der Waals surface area contributed by atoms with Gasteiger partial charge in [0.25, 0.3) is 0 Å². The van der Waals surface area contributed by atoms with Gasteiger partial charge in [-0.1, -0.05) is 27.2 Å². The maximum absolute atomic E-state index is 11.9. The molecular weight excluding hydrogens is 280 g/mol. The Morgan fingerprint density at radius 3 is 2.32 bits per heavy atom. The first-order chi connectivity index (χ1) is 10.2. The zero-order valence-corrected chi connectivity index (χ0v) is 15.2. The van der Waals surface area contributed by atoms with Crippen molar-refractivity contribution < 1.29 is 14.6 Å². The van der Waals surface area contributed by atoms with Gasteiger partial charge in [-0.2, -0.15) is 0 Å². The molecule has 0 aliphatic heterocycles. The molecule has 0 saturated carbocycles. The van der Waals surface area contributed by atoms with E-state index < -0.39 is 5.60 Å². The van der Waals surface area contributed by atoms with Crippen LogP contribution in [0.3, 0.4) is 0 Å². The van der Waals surface area contributed by atoms with Gasteiger partial charge in [-0.25, -0.2) is 4.79 Å². The second kappa shape index (κ2) is 10.8. The van der Waals surface area contributed by atoms with Crippen LogP contribution in [0.2, 0.25) is 0 Å². The Kier molecular flexibility index (Phi) is 10.4. The van der Waals surface area contributed by atoms with E-state index in [9.17, 15) is 4.79 Å². The van der Waals surface area contributed by atoms with Crippen molar-refractivity contribution in [2.45, 2.75) is 72.4 Å². The van der Waals surface area contributed by atoms with E-state index >= 15 is 0 Å².